The summed E-state index contributed by atoms with van der Waals surface area (Å²) in [6, 6.07) is 2.03. The van der Waals surface area contributed by atoms with E-state index in [-0.39, 0.29) is 0 Å². The summed E-state index contributed by atoms with van der Waals surface area (Å²) in [7, 11) is 0. The van der Waals surface area contributed by atoms with Crippen molar-refractivity contribution in [2.45, 2.75) is 41.2 Å². The lowest BCUT2D eigenvalue weighted by atomic mass is 10.2. The lowest BCUT2D eigenvalue weighted by Crippen LogP contribution is -2.28. The molecule has 114 valence electrons. The minimum Gasteiger partial charge on any atom is -0.355 e. The zero-order valence-electron chi connectivity index (χ0n) is 13.4. The third kappa shape index (κ3) is 5.68. The molecule has 0 aromatic carbocycles. The van der Waals surface area contributed by atoms with Gasteiger partial charge in [-0.2, -0.15) is 0 Å². The van der Waals surface area contributed by atoms with Crippen LogP contribution in [0.3, 0.4) is 0 Å². The molecule has 3 nitrogen and oxygen atoms in total. The molecule has 0 saturated carbocycles. The molecule has 0 aliphatic heterocycles. The normalized spacial score (nSPS) is 11.4. The highest BCUT2D eigenvalue weighted by Crippen LogP contribution is 2.24. The van der Waals surface area contributed by atoms with Crippen LogP contribution >= 0.6 is 11.6 Å². The number of pyridine rings is 1. The molecule has 0 fully saturated rings. The Morgan fingerprint density at radius 3 is 2.45 bits per heavy atom. The summed E-state index contributed by atoms with van der Waals surface area (Å²) >= 11 is 6.40. The molecule has 0 saturated heterocycles. The largest absolute Gasteiger partial charge is 0.355 e. The van der Waals surface area contributed by atoms with Crippen LogP contribution in [0.1, 0.15) is 40.2 Å². The number of nitrogens with one attached hydrogen (secondary N) is 1. The first-order valence-corrected chi connectivity index (χ1v) is 7.91. The average Bonchev–Trinajstić information content (AvgIpc) is 2.36. The van der Waals surface area contributed by atoms with E-state index >= 15 is 0 Å². The van der Waals surface area contributed by atoms with Gasteiger partial charge in [0, 0.05) is 25.8 Å². The van der Waals surface area contributed by atoms with E-state index in [9.17, 15) is 0 Å². The highest BCUT2D eigenvalue weighted by molar-refractivity contribution is 6.33. The average molecular weight is 298 g/mol. The van der Waals surface area contributed by atoms with Gasteiger partial charge in [0.25, 0.3) is 0 Å². The van der Waals surface area contributed by atoms with Crippen molar-refractivity contribution in [1.29, 1.82) is 0 Å². The second-order valence-corrected chi connectivity index (χ2v) is 6.51. The van der Waals surface area contributed by atoms with Gasteiger partial charge in [-0.05, 0) is 36.9 Å². The van der Waals surface area contributed by atoms with Crippen LogP contribution < -0.4 is 10.2 Å². The Kier molecular flexibility index (Phi) is 7.31. The zero-order chi connectivity index (χ0) is 15.1. The number of anilines is 1. The Bertz CT molecular complexity index is 405. The molecule has 1 heterocycles. The summed E-state index contributed by atoms with van der Waals surface area (Å²) in [5.74, 6) is 2.15. The molecule has 1 rings (SSSR count). The molecule has 0 aliphatic carbocycles. The minimum atomic E-state index is 0.597. The molecule has 0 bridgehead atoms. The van der Waals surface area contributed by atoms with Crippen LogP contribution in [0.5, 0.6) is 0 Å². The molecular formula is C16H28ClN3. The van der Waals surface area contributed by atoms with Crippen molar-refractivity contribution in [2.75, 3.05) is 24.5 Å². The van der Waals surface area contributed by atoms with Crippen molar-refractivity contribution in [3.05, 3.63) is 22.8 Å². The smallest absolute Gasteiger partial charge is 0.147 e. The third-order valence-electron chi connectivity index (χ3n) is 3.03. The number of hydrogen-bond acceptors (Lipinski definition) is 3. The third-order valence-corrected chi connectivity index (χ3v) is 3.31. The molecule has 4 heteroatoms. The van der Waals surface area contributed by atoms with Gasteiger partial charge in [0.15, 0.2) is 0 Å². The first-order chi connectivity index (χ1) is 9.43. The van der Waals surface area contributed by atoms with Crippen molar-refractivity contribution >= 4 is 17.4 Å². The molecule has 0 amide bonds. The van der Waals surface area contributed by atoms with Gasteiger partial charge >= 0.3 is 0 Å². The van der Waals surface area contributed by atoms with Gasteiger partial charge in [-0.3, -0.25) is 0 Å². The molecule has 1 N–H and O–H groups in total. The minimum absolute atomic E-state index is 0.597. The fraction of sp³-hybridized carbons (Fsp3) is 0.688. The fourth-order valence-electron chi connectivity index (χ4n) is 2.11. The lowest BCUT2D eigenvalue weighted by molar-refractivity contribution is 0.551. The Morgan fingerprint density at radius 1 is 1.25 bits per heavy atom. The van der Waals surface area contributed by atoms with E-state index in [1.807, 2.05) is 12.3 Å². The molecule has 0 unspecified atom stereocenters. The molecule has 0 atom stereocenters. The number of halogens is 1. The highest BCUT2D eigenvalue weighted by atomic mass is 35.5. The molecule has 20 heavy (non-hydrogen) atoms. The monoisotopic (exact) mass is 297 g/mol. The first-order valence-electron chi connectivity index (χ1n) is 7.54. The summed E-state index contributed by atoms with van der Waals surface area (Å²) in [6.45, 7) is 14.7. The zero-order valence-corrected chi connectivity index (χ0v) is 14.2. The summed E-state index contributed by atoms with van der Waals surface area (Å²) < 4.78 is 0. The second kappa shape index (κ2) is 8.48. The Balaban J connectivity index is 2.71. The second-order valence-electron chi connectivity index (χ2n) is 6.11. The Hall–Kier alpha value is -0.800. The molecule has 0 radical (unpaired) electrons. The molecule has 0 aliphatic rings. The number of hydrogen-bond donors (Lipinski definition) is 1. The van der Waals surface area contributed by atoms with Crippen molar-refractivity contribution in [1.82, 2.24) is 10.3 Å². The van der Waals surface area contributed by atoms with Crippen LogP contribution in [0.25, 0.3) is 0 Å². The van der Waals surface area contributed by atoms with E-state index in [0.717, 1.165) is 42.6 Å². The fourth-order valence-corrected chi connectivity index (χ4v) is 2.42. The van der Waals surface area contributed by atoms with E-state index in [4.69, 9.17) is 11.6 Å². The molecule has 0 spiro atoms. The van der Waals surface area contributed by atoms with Crippen LogP contribution in [-0.2, 0) is 6.54 Å². The molecule has 1 aromatic heterocycles. The van der Waals surface area contributed by atoms with E-state index in [2.05, 4.69) is 49.8 Å². The van der Waals surface area contributed by atoms with Crippen LogP contribution in [0.15, 0.2) is 12.3 Å². The predicted octanol–water partition coefficient (Wildman–Crippen LogP) is 3.96. The van der Waals surface area contributed by atoms with E-state index in [1.54, 1.807) is 0 Å². The lowest BCUT2D eigenvalue weighted by Gasteiger charge is -2.25. The number of rotatable bonds is 8. The molecular weight excluding hydrogens is 270 g/mol. The Labute approximate surface area is 128 Å². The Morgan fingerprint density at radius 2 is 1.95 bits per heavy atom. The van der Waals surface area contributed by atoms with Gasteiger partial charge < -0.3 is 10.2 Å². The van der Waals surface area contributed by atoms with E-state index < -0.39 is 0 Å². The van der Waals surface area contributed by atoms with Crippen molar-refractivity contribution in [3.8, 4) is 0 Å². The topological polar surface area (TPSA) is 28.2 Å². The summed E-state index contributed by atoms with van der Waals surface area (Å²) in [4.78, 5) is 6.79. The summed E-state index contributed by atoms with van der Waals surface area (Å²) in [5.41, 5.74) is 1.14. The maximum Gasteiger partial charge on any atom is 0.147 e. The maximum atomic E-state index is 6.40. The van der Waals surface area contributed by atoms with Gasteiger partial charge in [-0.1, -0.05) is 39.3 Å². The standard InChI is InChI=1S/C16H28ClN3/c1-6-20(11-13(4)5)16-15(17)7-14(10-19-16)9-18-8-12(2)3/h7,10,12-13,18H,6,8-9,11H2,1-5H3. The van der Waals surface area contributed by atoms with Gasteiger partial charge in [-0.15, -0.1) is 0 Å². The number of aromatic nitrogens is 1. The summed E-state index contributed by atoms with van der Waals surface area (Å²) in [5, 5.41) is 4.16. The van der Waals surface area contributed by atoms with Gasteiger partial charge in [0.05, 0.1) is 5.02 Å². The number of nitrogens with zero attached hydrogens (tertiary/aromatic N) is 2. The quantitative estimate of drug-likeness (QED) is 0.787. The predicted molar refractivity (Wildman–Crippen MR) is 88.5 cm³/mol. The molecule has 1 aromatic rings. The van der Waals surface area contributed by atoms with Crippen molar-refractivity contribution < 1.29 is 0 Å². The SMILES string of the molecule is CCN(CC(C)C)c1ncc(CNCC(C)C)cc1Cl. The van der Waals surface area contributed by atoms with Crippen molar-refractivity contribution in [2.24, 2.45) is 11.8 Å². The van der Waals surface area contributed by atoms with Gasteiger partial charge in [0.2, 0.25) is 0 Å². The van der Waals surface area contributed by atoms with Crippen LogP contribution in [-0.4, -0.2) is 24.6 Å². The maximum absolute atomic E-state index is 6.40. The van der Waals surface area contributed by atoms with Crippen LogP contribution in [0.2, 0.25) is 5.02 Å². The summed E-state index contributed by atoms with van der Waals surface area (Å²) in [6.07, 6.45) is 1.93. The van der Waals surface area contributed by atoms with Crippen LogP contribution in [0.4, 0.5) is 5.82 Å². The van der Waals surface area contributed by atoms with E-state index in [0.29, 0.717) is 11.8 Å². The van der Waals surface area contributed by atoms with E-state index in [1.165, 1.54) is 0 Å². The first kappa shape index (κ1) is 17.3. The van der Waals surface area contributed by atoms with Crippen molar-refractivity contribution in [3.63, 3.8) is 0 Å². The van der Waals surface area contributed by atoms with Crippen LogP contribution in [0, 0.1) is 11.8 Å². The van der Waals surface area contributed by atoms with Gasteiger partial charge in [-0.25, -0.2) is 4.98 Å². The van der Waals surface area contributed by atoms with Gasteiger partial charge in [0.1, 0.15) is 5.82 Å². The highest BCUT2D eigenvalue weighted by Gasteiger charge is 2.12.